The first-order valence-electron chi connectivity index (χ1n) is 13.1. The maximum atomic E-state index is 14.8. The highest BCUT2D eigenvalue weighted by Crippen LogP contribution is 2.35. The van der Waals surface area contributed by atoms with Crippen LogP contribution in [-0.2, 0) is 19.3 Å². The van der Waals surface area contributed by atoms with Gasteiger partial charge in [-0.3, -0.25) is 19.8 Å². The summed E-state index contributed by atoms with van der Waals surface area (Å²) in [5.74, 6) is 5.46. The Morgan fingerprint density at radius 1 is 1.00 bits per heavy atom. The molecule has 0 aliphatic carbocycles. The second-order valence-electron chi connectivity index (χ2n) is 9.62. The summed E-state index contributed by atoms with van der Waals surface area (Å²) in [4.78, 5) is 27.7. The van der Waals surface area contributed by atoms with Crippen LogP contribution < -0.4 is 21.8 Å². The summed E-state index contributed by atoms with van der Waals surface area (Å²) in [7, 11) is 1.38. The van der Waals surface area contributed by atoms with Crippen molar-refractivity contribution in [3.05, 3.63) is 121 Å². The Morgan fingerprint density at radius 3 is 2.33 bits per heavy atom. The lowest BCUT2D eigenvalue weighted by molar-refractivity contribution is -0.138. The smallest absolute Gasteiger partial charge is 0.416 e. The summed E-state index contributed by atoms with van der Waals surface area (Å²) < 4.78 is 63.3. The van der Waals surface area contributed by atoms with E-state index in [1.54, 1.807) is 42.5 Å². The van der Waals surface area contributed by atoms with Crippen molar-refractivity contribution in [1.82, 2.24) is 14.1 Å². The van der Waals surface area contributed by atoms with Crippen molar-refractivity contribution < 1.29 is 22.3 Å². The average molecular weight is 605 g/mol. The van der Waals surface area contributed by atoms with Gasteiger partial charge in [0.2, 0.25) is 0 Å². The fourth-order valence-corrected chi connectivity index (χ4v) is 5.11. The summed E-state index contributed by atoms with van der Waals surface area (Å²) in [6, 6.07) is 15.5. The number of nitrogens with zero attached hydrogens (tertiary/aromatic N) is 3. The van der Waals surface area contributed by atoms with Gasteiger partial charge in [-0.25, -0.2) is 14.2 Å². The van der Waals surface area contributed by atoms with Gasteiger partial charge in [0.05, 0.1) is 42.4 Å². The molecule has 42 heavy (non-hydrogen) atoms. The Kier molecular flexibility index (Phi) is 9.55. The molecule has 0 spiro atoms. The Morgan fingerprint density at radius 2 is 1.69 bits per heavy atom. The van der Waals surface area contributed by atoms with E-state index in [1.165, 1.54) is 18.2 Å². The van der Waals surface area contributed by atoms with E-state index in [9.17, 15) is 27.2 Å². The predicted octanol–water partition coefficient (Wildman–Crippen LogP) is 5.87. The zero-order chi connectivity index (χ0) is 30.6. The molecule has 12 heteroatoms. The standard InChI is InChI=1S/C30H29ClF4N4O3/c1-3-15-39(36)25(19-9-5-4-6-10-19)18-38-28(40)21(20-11-7-14-26(42-2)27(20)31)16-37(29(38)41)17-22-23(30(33,34)35)12-8-13-24(22)32/h4-14,16,25H,3,15,17-18,36H2,1-2H3. The van der Waals surface area contributed by atoms with Crippen LogP contribution in [0.4, 0.5) is 17.6 Å². The van der Waals surface area contributed by atoms with Crippen molar-refractivity contribution in [3.8, 4) is 16.9 Å². The van der Waals surface area contributed by atoms with Crippen LogP contribution in [0.5, 0.6) is 5.75 Å². The molecule has 222 valence electrons. The fourth-order valence-electron chi connectivity index (χ4n) is 4.81. The van der Waals surface area contributed by atoms with Crippen LogP contribution in [0.15, 0.2) is 82.5 Å². The zero-order valence-electron chi connectivity index (χ0n) is 22.9. The molecule has 0 fully saturated rings. The van der Waals surface area contributed by atoms with E-state index in [4.69, 9.17) is 22.2 Å². The van der Waals surface area contributed by atoms with Gasteiger partial charge in [0.15, 0.2) is 0 Å². The van der Waals surface area contributed by atoms with Crippen molar-refractivity contribution in [2.24, 2.45) is 5.84 Å². The van der Waals surface area contributed by atoms with E-state index in [-0.39, 0.29) is 28.4 Å². The van der Waals surface area contributed by atoms with Crippen LogP contribution in [0.2, 0.25) is 5.02 Å². The molecular formula is C30H29ClF4N4O3. The molecule has 0 saturated heterocycles. The molecule has 1 aromatic heterocycles. The maximum absolute atomic E-state index is 14.8. The van der Waals surface area contributed by atoms with E-state index in [2.05, 4.69) is 0 Å². The molecule has 0 aliphatic heterocycles. The molecular weight excluding hydrogens is 576 g/mol. The van der Waals surface area contributed by atoms with Gasteiger partial charge in [-0.2, -0.15) is 13.2 Å². The van der Waals surface area contributed by atoms with Gasteiger partial charge in [-0.1, -0.05) is 67.1 Å². The van der Waals surface area contributed by atoms with Crippen molar-refractivity contribution in [1.29, 1.82) is 0 Å². The number of halogens is 5. The monoisotopic (exact) mass is 604 g/mol. The van der Waals surface area contributed by atoms with Crippen molar-refractivity contribution >= 4 is 11.6 Å². The van der Waals surface area contributed by atoms with E-state index in [0.29, 0.717) is 18.5 Å². The van der Waals surface area contributed by atoms with Crippen LogP contribution in [-0.4, -0.2) is 27.8 Å². The second kappa shape index (κ2) is 12.9. The fraction of sp³-hybridized carbons (Fsp3) is 0.267. The first kappa shape index (κ1) is 31.0. The van der Waals surface area contributed by atoms with Crippen LogP contribution >= 0.6 is 11.6 Å². The number of rotatable bonds is 10. The second-order valence-corrected chi connectivity index (χ2v) is 10.00. The molecule has 0 bridgehead atoms. The first-order chi connectivity index (χ1) is 20.0. The SMILES string of the molecule is CCCN(N)C(Cn1c(=O)c(-c2cccc(OC)c2Cl)cn(Cc2c(F)cccc2C(F)(F)F)c1=O)c1ccccc1. The van der Waals surface area contributed by atoms with E-state index in [1.807, 2.05) is 6.92 Å². The molecule has 1 heterocycles. The third-order valence-corrected chi connectivity index (χ3v) is 7.28. The van der Waals surface area contributed by atoms with E-state index >= 15 is 0 Å². The number of hydrogen-bond acceptors (Lipinski definition) is 5. The quantitative estimate of drug-likeness (QED) is 0.139. The lowest BCUT2D eigenvalue weighted by Crippen LogP contribution is -2.46. The van der Waals surface area contributed by atoms with Gasteiger partial charge in [0.25, 0.3) is 5.56 Å². The highest BCUT2D eigenvalue weighted by molar-refractivity contribution is 6.34. The third kappa shape index (κ3) is 6.43. The maximum Gasteiger partial charge on any atom is 0.416 e. The number of hydrogen-bond donors (Lipinski definition) is 1. The van der Waals surface area contributed by atoms with Crippen molar-refractivity contribution in [2.75, 3.05) is 13.7 Å². The van der Waals surface area contributed by atoms with Crippen LogP contribution in [0.3, 0.4) is 0 Å². The Hall–Kier alpha value is -3.93. The lowest BCUT2D eigenvalue weighted by Gasteiger charge is -2.28. The van der Waals surface area contributed by atoms with Gasteiger partial charge in [0.1, 0.15) is 11.6 Å². The summed E-state index contributed by atoms with van der Waals surface area (Å²) >= 11 is 6.53. The summed E-state index contributed by atoms with van der Waals surface area (Å²) in [6.45, 7) is 1.30. The minimum atomic E-state index is -4.88. The molecule has 1 atom stereocenters. The van der Waals surface area contributed by atoms with Gasteiger partial charge in [-0.15, -0.1) is 0 Å². The molecule has 0 amide bonds. The number of benzene rings is 3. The van der Waals surface area contributed by atoms with Crippen molar-refractivity contribution in [2.45, 2.75) is 38.7 Å². The molecule has 0 saturated carbocycles. The number of hydrazine groups is 1. The van der Waals surface area contributed by atoms with Crippen LogP contribution in [0.1, 0.15) is 36.1 Å². The Balaban J connectivity index is 1.98. The highest BCUT2D eigenvalue weighted by atomic mass is 35.5. The van der Waals surface area contributed by atoms with E-state index in [0.717, 1.165) is 33.5 Å². The van der Waals surface area contributed by atoms with Crippen LogP contribution in [0.25, 0.3) is 11.1 Å². The van der Waals surface area contributed by atoms with E-state index < -0.39 is 47.0 Å². The predicted molar refractivity (Wildman–Crippen MR) is 153 cm³/mol. The first-order valence-corrected chi connectivity index (χ1v) is 13.4. The molecule has 2 N–H and O–H groups in total. The van der Waals surface area contributed by atoms with Gasteiger partial charge in [-0.05, 0) is 30.2 Å². The molecule has 0 radical (unpaired) electrons. The third-order valence-electron chi connectivity index (χ3n) is 6.89. The lowest BCUT2D eigenvalue weighted by atomic mass is 10.0. The number of alkyl halides is 3. The molecule has 7 nitrogen and oxygen atoms in total. The zero-order valence-corrected chi connectivity index (χ0v) is 23.6. The number of nitrogens with two attached hydrogens (primary N) is 1. The summed E-state index contributed by atoms with van der Waals surface area (Å²) in [5.41, 5.74) is -2.86. The molecule has 0 aliphatic rings. The molecule has 4 aromatic rings. The average Bonchev–Trinajstić information content (AvgIpc) is 2.95. The Bertz CT molecular complexity index is 1670. The van der Waals surface area contributed by atoms with Gasteiger partial charge < -0.3 is 4.74 Å². The van der Waals surface area contributed by atoms with Gasteiger partial charge in [0, 0.05) is 23.9 Å². The minimum Gasteiger partial charge on any atom is -0.495 e. The summed E-state index contributed by atoms with van der Waals surface area (Å²) in [6.07, 6.45) is -3.11. The number of aromatic nitrogens is 2. The largest absolute Gasteiger partial charge is 0.495 e. The Labute approximate surface area is 244 Å². The normalized spacial score (nSPS) is 12.5. The number of ether oxygens (including phenoxy) is 1. The highest BCUT2D eigenvalue weighted by Gasteiger charge is 2.35. The minimum absolute atomic E-state index is 0.0572. The molecule has 3 aromatic carbocycles. The number of methoxy groups -OCH3 is 1. The topological polar surface area (TPSA) is 82.5 Å². The van der Waals surface area contributed by atoms with Gasteiger partial charge >= 0.3 is 11.9 Å². The molecule has 1 unspecified atom stereocenters. The molecule has 4 rings (SSSR count). The van der Waals surface area contributed by atoms with Crippen LogP contribution in [0, 0.1) is 5.82 Å². The van der Waals surface area contributed by atoms with Crippen molar-refractivity contribution in [3.63, 3.8) is 0 Å². The summed E-state index contributed by atoms with van der Waals surface area (Å²) in [5, 5.41) is 1.55.